The van der Waals surface area contributed by atoms with E-state index in [0.717, 1.165) is 25.7 Å². The molecule has 5 nitrogen and oxygen atoms in total. The van der Waals surface area contributed by atoms with Crippen molar-refractivity contribution in [3.63, 3.8) is 0 Å². The summed E-state index contributed by atoms with van der Waals surface area (Å²) in [6.45, 7) is 2.71. The van der Waals surface area contributed by atoms with E-state index in [1.165, 1.54) is 0 Å². The van der Waals surface area contributed by atoms with Gasteiger partial charge in [-0.2, -0.15) is 5.26 Å². The summed E-state index contributed by atoms with van der Waals surface area (Å²) in [7, 11) is 0. The summed E-state index contributed by atoms with van der Waals surface area (Å²) >= 11 is 0. The van der Waals surface area contributed by atoms with E-state index in [1.807, 2.05) is 6.92 Å². The number of carbonyl (C=O) groups excluding carboxylic acids is 1. The predicted molar refractivity (Wildman–Crippen MR) is 61.0 cm³/mol. The second-order valence-electron chi connectivity index (χ2n) is 4.19. The van der Waals surface area contributed by atoms with Gasteiger partial charge >= 0.3 is 0 Å². The number of nitriles is 1. The van der Waals surface area contributed by atoms with Crippen molar-refractivity contribution in [2.24, 2.45) is 5.84 Å². The van der Waals surface area contributed by atoms with Crippen LogP contribution in [0, 0.1) is 11.3 Å². The standard InChI is InChI=1S/C11H20N4O/c1-2-4-10(11(16)14-13)15(8-3-7-12)9-5-6-9/h9-10H,2-6,8,13H2,1H3,(H,14,16). The van der Waals surface area contributed by atoms with Gasteiger partial charge in [0.15, 0.2) is 0 Å². The van der Waals surface area contributed by atoms with Gasteiger partial charge in [-0.1, -0.05) is 13.3 Å². The number of hydrogen-bond acceptors (Lipinski definition) is 4. The Bertz CT molecular complexity index is 270. The van der Waals surface area contributed by atoms with Crippen LogP contribution < -0.4 is 11.3 Å². The van der Waals surface area contributed by atoms with E-state index >= 15 is 0 Å². The van der Waals surface area contributed by atoms with Gasteiger partial charge in [-0.3, -0.25) is 15.1 Å². The Morgan fingerprint density at radius 3 is 2.81 bits per heavy atom. The van der Waals surface area contributed by atoms with Crippen molar-refractivity contribution in [2.45, 2.75) is 51.1 Å². The first kappa shape index (κ1) is 12.9. The fraction of sp³-hybridized carbons (Fsp3) is 0.818. The molecule has 0 saturated heterocycles. The molecule has 0 aromatic heterocycles. The van der Waals surface area contributed by atoms with E-state index in [0.29, 0.717) is 19.0 Å². The summed E-state index contributed by atoms with van der Waals surface area (Å²) < 4.78 is 0. The van der Waals surface area contributed by atoms with E-state index < -0.39 is 0 Å². The molecular formula is C11H20N4O. The average molecular weight is 224 g/mol. The van der Waals surface area contributed by atoms with Crippen LogP contribution in [0.1, 0.15) is 39.0 Å². The number of carbonyl (C=O) groups is 1. The Morgan fingerprint density at radius 2 is 2.38 bits per heavy atom. The maximum atomic E-state index is 11.7. The number of nitrogens with zero attached hydrogens (tertiary/aromatic N) is 2. The van der Waals surface area contributed by atoms with Crippen LogP contribution in [0.4, 0.5) is 0 Å². The zero-order valence-corrected chi connectivity index (χ0v) is 9.78. The summed E-state index contributed by atoms with van der Waals surface area (Å²) in [5, 5.41) is 8.62. The third kappa shape index (κ3) is 3.47. The molecule has 1 amide bonds. The van der Waals surface area contributed by atoms with Crippen LogP contribution in [-0.2, 0) is 4.79 Å². The SMILES string of the molecule is CCCC(C(=O)NN)N(CCC#N)C1CC1. The van der Waals surface area contributed by atoms with Crippen molar-refractivity contribution in [2.75, 3.05) is 6.54 Å². The Labute approximate surface area is 96.6 Å². The highest BCUT2D eigenvalue weighted by Gasteiger charge is 2.36. The Balaban J connectivity index is 2.62. The number of hydrazine groups is 1. The first-order valence-corrected chi connectivity index (χ1v) is 5.87. The summed E-state index contributed by atoms with van der Waals surface area (Å²) in [4.78, 5) is 13.8. The largest absolute Gasteiger partial charge is 0.293 e. The molecule has 5 heteroatoms. The molecule has 1 atom stereocenters. The third-order valence-electron chi connectivity index (χ3n) is 2.91. The average Bonchev–Trinajstić information content (AvgIpc) is 3.11. The van der Waals surface area contributed by atoms with E-state index in [1.54, 1.807) is 0 Å². The number of nitrogens with one attached hydrogen (secondary N) is 1. The first-order valence-electron chi connectivity index (χ1n) is 5.87. The number of hydrogen-bond donors (Lipinski definition) is 2. The van der Waals surface area contributed by atoms with Crippen LogP contribution in [0.5, 0.6) is 0 Å². The Kier molecular flexibility index (Phi) is 5.23. The topological polar surface area (TPSA) is 82.2 Å². The molecule has 0 heterocycles. The fourth-order valence-electron chi connectivity index (χ4n) is 2.00. The number of amides is 1. The highest BCUT2D eigenvalue weighted by Crippen LogP contribution is 2.29. The van der Waals surface area contributed by atoms with Crippen LogP contribution >= 0.6 is 0 Å². The molecule has 0 radical (unpaired) electrons. The molecule has 1 rings (SSSR count). The number of nitrogens with two attached hydrogens (primary N) is 1. The number of rotatable bonds is 7. The highest BCUT2D eigenvalue weighted by molar-refractivity contribution is 5.81. The fourth-order valence-corrected chi connectivity index (χ4v) is 2.00. The molecular weight excluding hydrogens is 204 g/mol. The van der Waals surface area contributed by atoms with Crippen LogP contribution in [0.3, 0.4) is 0 Å². The van der Waals surface area contributed by atoms with Crippen molar-refractivity contribution in [3.8, 4) is 6.07 Å². The molecule has 1 aliphatic rings. The van der Waals surface area contributed by atoms with Gasteiger partial charge in [0, 0.05) is 19.0 Å². The molecule has 0 spiro atoms. The van der Waals surface area contributed by atoms with E-state index in [-0.39, 0.29) is 11.9 Å². The van der Waals surface area contributed by atoms with Gasteiger partial charge in [-0.15, -0.1) is 0 Å². The van der Waals surface area contributed by atoms with Crippen molar-refractivity contribution in [1.29, 1.82) is 5.26 Å². The lowest BCUT2D eigenvalue weighted by atomic mass is 10.1. The predicted octanol–water partition coefficient (Wildman–Crippen LogP) is 0.523. The molecule has 1 fully saturated rings. The monoisotopic (exact) mass is 224 g/mol. The maximum absolute atomic E-state index is 11.7. The quantitative estimate of drug-likeness (QED) is 0.375. The van der Waals surface area contributed by atoms with Crippen LogP contribution in [0.25, 0.3) is 0 Å². The summed E-state index contributed by atoms with van der Waals surface area (Å²) in [5.41, 5.74) is 2.23. The molecule has 16 heavy (non-hydrogen) atoms. The van der Waals surface area contributed by atoms with Gasteiger partial charge in [0.1, 0.15) is 0 Å². The molecule has 1 aliphatic carbocycles. The minimum atomic E-state index is -0.171. The van der Waals surface area contributed by atoms with Gasteiger partial charge < -0.3 is 0 Å². The van der Waals surface area contributed by atoms with Crippen molar-refractivity contribution in [3.05, 3.63) is 0 Å². The lowest BCUT2D eigenvalue weighted by Gasteiger charge is -2.29. The van der Waals surface area contributed by atoms with E-state index in [2.05, 4.69) is 16.4 Å². The van der Waals surface area contributed by atoms with Crippen LogP contribution in [-0.4, -0.2) is 29.4 Å². The summed E-state index contributed by atoms with van der Waals surface area (Å²) in [6, 6.07) is 2.43. The summed E-state index contributed by atoms with van der Waals surface area (Å²) in [5.74, 6) is 5.07. The minimum Gasteiger partial charge on any atom is -0.293 e. The second-order valence-corrected chi connectivity index (χ2v) is 4.19. The molecule has 0 aliphatic heterocycles. The maximum Gasteiger partial charge on any atom is 0.251 e. The Morgan fingerprint density at radius 1 is 1.69 bits per heavy atom. The van der Waals surface area contributed by atoms with Crippen LogP contribution in [0.2, 0.25) is 0 Å². The lowest BCUT2D eigenvalue weighted by molar-refractivity contribution is -0.127. The molecule has 0 aromatic carbocycles. The van der Waals surface area contributed by atoms with Crippen LogP contribution in [0.15, 0.2) is 0 Å². The molecule has 1 unspecified atom stereocenters. The van der Waals surface area contributed by atoms with Gasteiger partial charge in [0.05, 0.1) is 12.1 Å². The first-order chi connectivity index (χ1) is 7.74. The normalized spacial score (nSPS) is 16.9. The minimum absolute atomic E-state index is 0.133. The van der Waals surface area contributed by atoms with Crippen molar-refractivity contribution < 1.29 is 4.79 Å². The van der Waals surface area contributed by atoms with E-state index in [4.69, 9.17) is 11.1 Å². The smallest absolute Gasteiger partial charge is 0.251 e. The zero-order chi connectivity index (χ0) is 12.0. The highest BCUT2D eigenvalue weighted by atomic mass is 16.2. The van der Waals surface area contributed by atoms with Gasteiger partial charge in [0.2, 0.25) is 0 Å². The molecule has 90 valence electrons. The molecule has 0 aromatic rings. The second kappa shape index (κ2) is 6.46. The Hall–Kier alpha value is -1.12. The van der Waals surface area contributed by atoms with E-state index in [9.17, 15) is 4.79 Å². The molecule has 3 N–H and O–H groups in total. The third-order valence-corrected chi connectivity index (χ3v) is 2.91. The van der Waals surface area contributed by atoms with Gasteiger partial charge in [0.25, 0.3) is 5.91 Å². The molecule has 0 bridgehead atoms. The summed E-state index contributed by atoms with van der Waals surface area (Å²) in [6.07, 6.45) is 4.46. The van der Waals surface area contributed by atoms with Crippen molar-refractivity contribution >= 4 is 5.91 Å². The van der Waals surface area contributed by atoms with Gasteiger partial charge in [-0.05, 0) is 19.3 Å². The lowest BCUT2D eigenvalue weighted by Crippen LogP contribution is -2.50. The molecule has 1 saturated carbocycles. The van der Waals surface area contributed by atoms with Crippen molar-refractivity contribution in [1.82, 2.24) is 10.3 Å². The zero-order valence-electron chi connectivity index (χ0n) is 9.78. The van der Waals surface area contributed by atoms with Gasteiger partial charge in [-0.25, -0.2) is 5.84 Å².